The van der Waals surface area contributed by atoms with Gasteiger partial charge in [-0.2, -0.15) is 0 Å². The third-order valence-corrected chi connectivity index (χ3v) is 2.94. The van der Waals surface area contributed by atoms with E-state index in [1.807, 2.05) is 12.1 Å². The van der Waals surface area contributed by atoms with Crippen LogP contribution in [-0.2, 0) is 11.3 Å². The summed E-state index contributed by atoms with van der Waals surface area (Å²) in [7, 11) is 2.07. The minimum atomic E-state index is 0.772. The van der Waals surface area contributed by atoms with Crippen molar-refractivity contribution in [2.45, 2.75) is 19.4 Å². The number of rotatable bonds is 7. The second kappa shape index (κ2) is 5.98. The summed E-state index contributed by atoms with van der Waals surface area (Å²) in [6.45, 7) is 3.49. The molecule has 0 spiro atoms. The van der Waals surface area contributed by atoms with Crippen molar-refractivity contribution < 1.29 is 4.74 Å². The minimum Gasteiger partial charge on any atom is -0.399 e. The number of anilines is 1. The highest BCUT2D eigenvalue weighted by molar-refractivity contribution is 5.37. The molecule has 4 heteroatoms. The molecule has 1 aliphatic carbocycles. The van der Waals surface area contributed by atoms with Crippen molar-refractivity contribution in [2.75, 3.05) is 32.5 Å². The lowest BCUT2D eigenvalue weighted by Crippen LogP contribution is -2.23. The molecule has 4 nitrogen and oxygen atoms in total. The van der Waals surface area contributed by atoms with Gasteiger partial charge in [-0.05, 0) is 37.9 Å². The van der Waals surface area contributed by atoms with Gasteiger partial charge in [0.05, 0.1) is 12.3 Å². The van der Waals surface area contributed by atoms with Gasteiger partial charge < -0.3 is 10.5 Å². The molecule has 2 N–H and O–H groups in total. The van der Waals surface area contributed by atoms with Gasteiger partial charge in [0.1, 0.15) is 0 Å². The molecule has 0 aliphatic heterocycles. The van der Waals surface area contributed by atoms with Gasteiger partial charge >= 0.3 is 0 Å². The van der Waals surface area contributed by atoms with Crippen molar-refractivity contribution in [3.8, 4) is 0 Å². The topological polar surface area (TPSA) is 51.4 Å². The summed E-state index contributed by atoms with van der Waals surface area (Å²) < 4.78 is 5.60. The highest BCUT2D eigenvalue weighted by Gasteiger charge is 2.20. The molecule has 0 atom stereocenters. The summed E-state index contributed by atoms with van der Waals surface area (Å²) in [4.78, 5) is 6.49. The van der Waals surface area contributed by atoms with Gasteiger partial charge in [0.15, 0.2) is 0 Å². The number of likely N-dealkylation sites (N-methyl/N-ethyl adjacent to an activating group) is 1. The Labute approximate surface area is 103 Å². The summed E-state index contributed by atoms with van der Waals surface area (Å²) in [5.41, 5.74) is 7.49. The standard InChI is InChI=1S/C13H21N3O/c1-16(6-7-17-10-11-2-3-11)9-13-8-12(14)4-5-15-13/h4-5,8,11H,2-3,6-7,9-10H2,1H3,(H2,14,15). The second-order valence-electron chi connectivity index (χ2n) is 4.84. The van der Waals surface area contributed by atoms with Crippen molar-refractivity contribution in [2.24, 2.45) is 5.92 Å². The van der Waals surface area contributed by atoms with Crippen molar-refractivity contribution in [3.63, 3.8) is 0 Å². The van der Waals surface area contributed by atoms with Gasteiger partial charge in [-0.25, -0.2) is 0 Å². The van der Waals surface area contributed by atoms with Gasteiger partial charge in [-0.3, -0.25) is 9.88 Å². The van der Waals surface area contributed by atoms with Crippen molar-refractivity contribution in [3.05, 3.63) is 24.0 Å². The van der Waals surface area contributed by atoms with Crippen molar-refractivity contribution in [1.82, 2.24) is 9.88 Å². The smallest absolute Gasteiger partial charge is 0.0593 e. The second-order valence-corrected chi connectivity index (χ2v) is 4.84. The Balaban J connectivity index is 1.63. The first-order valence-electron chi connectivity index (χ1n) is 6.21. The quantitative estimate of drug-likeness (QED) is 0.728. The summed E-state index contributed by atoms with van der Waals surface area (Å²) in [6, 6.07) is 3.73. The van der Waals surface area contributed by atoms with Crippen LogP contribution >= 0.6 is 0 Å². The van der Waals surface area contributed by atoms with Crippen LogP contribution in [0, 0.1) is 5.92 Å². The largest absolute Gasteiger partial charge is 0.399 e. The fourth-order valence-electron chi connectivity index (χ4n) is 1.69. The van der Waals surface area contributed by atoms with Crippen molar-refractivity contribution in [1.29, 1.82) is 0 Å². The SMILES string of the molecule is CN(CCOCC1CC1)Cc1cc(N)ccn1. The number of aromatic nitrogens is 1. The molecule has 2 rings (SSSR count). The Morgan fingerprint density at radius 1 is 1.53 bits per heavy atom. The number of pyridine rings is 1. The summed E-state index contributed by atoms with van der Waals surface area (Å²) in [5, 5.41) is 0. The van der Waals surface area contributed by atoms with Gasteiger partial charge in [-0.15, -0.1) is 0 Å². The Bertz CT molecular complexity index is 352. The maximum atomic E-state index is 5.71. The molecule has 0 amide bonds. The molecule has 1 aromatic heterocycles. The predicted molar refractivity (Wildman–Crippen MR) is 68.5 cm³/mol. The molecule has 0 radical (unpaired) electrons. The number of nitrogen functional groups attached to an aromatic ring is 1. The van der Waals surface area contributed by atoms with Crippen LogP contribution in [0.5, 0.6) is 0 Å². The zero-order chi connectivity index (χ0) is 12.1. The molecule has 0 unspecified atom stereocenters. The number of nitrogens with zero attached hydrogens (tertiary/aromatic N) is 2. The molecular formula is C13H21N3O. The maximum absolute atomic E-state index is 5.71. The van der Waals surface area contributed by atoms with Gasteiger partial charge in [0.25, 0.3) is 0 Å². The number of nitrogens with two attached hydrogens (primary N) is 1. The summed E-state index contributed by atoms with van der Waals surface area (Å²) >= 11 is 0. The molecule has 0 aromatic carbocycles. The molecule has 94 valence electrons. The molecule has 17 heavy (non-hydrogen) atoms. The molecule has 1 fully saturated rings. The zero-order valence-electron chi connectivity index (χ0n) is 10.4. The maximum Gasteiger partial charge on any atom is 0.0593 e. The summed E-state index contributed by atoms with van der Waals surface area (Å²) in [5.74, 6) is 0.843. The van der Waals surface area contributed by atoms with E-state index < -0.39 is 0 Å². The monoisotopic (exact) mass is 235 g/mol. The van der Waals surface area contributed by atoms with Gasteiger partial charge in [-0.1, -0.05) is 0 Å². The Kier molecular flexibility index (Phi) is 4.34. The molecule has 1 aromatic rings. The Hall–Kier alpha value is -1.13. The van der Waals surface area contributed by atoms with Crippen LogP contribution in [0.1, 0.15) is 18.5 Å². The van der Waals surface area contributed by atoms with E-state index in [-0.39, 0.29) is 0 Å². The first-order valence-corrected chi connectivity index (χ1v) is 6.21. The molecule has 0 bridgehead atoms. The van der Waals surface area contributed by atoms with Crippen LogP contribution in [0.2, 0.25) is 0 Å². The first kappa shape index (κ1) is 12.3. The lowest BCUT2D eigenvalue weighted by Gasteiger charge is -2.16. The van der Waals surface area contributed by atoms with E-state index in [2.05, 4.69) is 16.9 Å². The van der Waals surface area contributed by atoms with E-state index in [0.29, 0.717) is 0 Å². The predicted octanol–water partition coefficient (Wildman–Crippen LogP) is 1.52. The van der Waals surface area contributed by atoms with Crippen LogP contribution in [0.4, 0.5) is 5.69 Å². The number of hydrogen-bond donors (Lipinski definition) is 1. The molecule has 1 aliphatic rings. The Morgan fingerprint density at radius 3 is 3.06 bits per heavy atom. The highest BCUT2D eigenvalue weighted by atomic mass is 16.5. The van der Waals surface area contributed by atoms with E-state index >= 15 is 0 Å². The third kappa shape index (κ3) is 4.71. The fourth-order valence-corrected chi connectivity index (χ4v) is 1.69. The van der Waals surface area contributed by atoms with Gasteiger partial charge in [0, 0.05) is 31.6 Å². The van der Waals surface area contributed by atoms with Crippen LogP contribution in [0.15, 0.2) is 18.3 Å². The van der Waals surface area contributed by atoms with Gasteiger partial charge in [0.2, 0.25) is 0 Å². The Morgan fingerprint density at radius 2 is 2.35 bits per heavy atom. The van der Waals surface area contributed by atoms with Crippen LogP contribution in [-0.4, -0.2) is 36.7 Å². The molecule has 1 heterocycles. The zero-order valence-corrected chi connectivity index (χ0v) is 10.4. The highest BCUT2D eigenvalue weighted by Crippen LogP contribution is 2.28. The first-order chi connectivity index (χ1) is 8.24. The van der Waals surface area contributed by atoms with E-state index in [0.717, 1.165) is 43.6 Å². The fraction of sp³-hybridized carbons (Fsp3) is 0.615. The van der Waals surface area contributed by atoms with E-state index in [1.165, 1.54) is 12.8 Å². The number of hydrogen-bond acceptors (Lipinski definition) is 4. The summed E-state index contributed by atoms with van der Waals surface area (Å²) in [6.07, 6.45) is 4.45. The molecular weight excluding hydrogens is 214 g/mol. The average molecular weight is 235 g/mol. The van der Waals surface area contributed by atoms with Crippen LogP contribution < -0.4 is 5.73 Å². The van der Waals surface area contributed by atoms with E-state index in [4.69, 9.17) is 10.5 Å². The van der Waals surface area contributed by atoms with Crippen LogP contribution in [0.25, 0.3) is 0 Å². The molecule has 0 saturated heterocycles. The van der Waals surface area contributed by atoms with Crippen LogP contribution in [0.3, 0.4) is 0 Å². The minimum absolute atomic E-state index is 0.772. The normalized spacial score (nSPS) is 15.4. The molecule has 1 saturated carbocycles. The van der Waals surface area contributed by atoms with E-state index in [1.54, 1.807) is 6.20 Å². The lowest BCUT2D eigenvalue weighted by molar-refractivity contribution is 0.101. The van der Waals surface area contributed by atoms with E-state index in [9.17, 15) is 0 Å². The lowest BCUT2D eigenvalue weighted by atomic mass is 10.3. The average Bonchev–Trinajstić information content (AvgIpc) is 3.08. The van der Waals surface area contributed by atoms with Crippen molar-refractivity contribution >= 4 is 5.69 Å². The third-order valence-electron chi connectivity index (χ3n) is 2.94. The number of ether oxygens (including phenoxy) is 1.